The number of carbonyl (C=O) groups is 1. The predicted molar refractivity (Wildman–Crippen MR) is 52.8 cm³/mol. The van der Waals surface area contributed by atoms with Crippen LogP contribution in [-0.2, 0) is 9.53 Å². The topological polar surface area (TPSA) is 26.3 Å². The highest BCUT2D eigenvalue weighted by Crippen LogP contribution is 2.31. The Hall–Kier alpha value is -0.500. The molecule has 0 amide bonds. The molecule has 0 aromatic carbocycles. The van der Waals surface area contributed by atoms with E-state index in [-0.39, 0.29) is 11.9 Å². The van der Waals surface area contributed by atoms with Gasteiger partial charge < -0.3 is 4.74 Å². The third-order valence-corrected chi connectivity index (χ3v) is 2.77. The molecule has 1 rings (SSSR count). The molecule has 3 heteroatoms. The van der Waals surface area contributed by atoms with Crippen LogP contribution in [0.2, 0.25) is 0 Å². The van der Waals surface area contributed by atoms with Crippen molar-refractivity contribution in [2.24, 2.45) is 5.41 Å². The average Bonchev–Trinajstić information content (AvgIpc) is 2.08. The second-order valence-electron chi connectivity index (χ2n) is 3.84. The first-order valence-electron chi connectivity index (χ1n) is 4.51. The number of carbonyl (C=O) groups excluding carboxylic acids is 1. The van der Waals surface area contributed by atoms with Gasteiger partial charge in [0.2, 0.25) is 0 Å². The highest BCUT2D eigenvalue weighted by atomic mass is 35.5. The number of hydrogen-bond acceptors (Lipinski definition) is 2. The van der Waals surface area contributed by atoms with Crippen LogP contribution in [0.5, 0.6) is 0 Å². The fourth-order valence-electron chi connectivity index (χ4n) is 1.43. The van der Waals surface area contributed by atoms with E-state index in [1.807, 2.05) is 13.8 Å². The maximum atomic E-state index is 11.5. The summed E-state index contributed by atoms with van der Waals surface area (Å²) in [6.45, 7) is 3.83. The van der Waals surface area contributed by atoms with Gasteiger partial charge in [0, 0.05) is 12.0 Å². The van der Waals surface area contributed by atoms with Gasteiger partial charge in [-0.1, -0.05) is 0 Å². The molecule has 2 nitrogen and oxygen atoms in total. The van der Waals surface area contributed by atoms with Crippen LogP contribution in [0.1, 0.15) is 26.7 Å². The van der Waals surface area contributed by atoms with Gasteiger partial charge in [-0.05, 0) is 26.7 Å². The predicted octanol–water partition coefficient (Wildman–Crippen LogP) is 2.51. The van der Waals surface area contributed by atoms with Gasteiger partial charge >= 0.3 is 0 Å². The van der Waals surface area contributed by atoms with Crippen LogP contribution in [0.4, 0.5) is 0 Å². The minimum absolute atomic E-state index is 0.0243. The summed E-state index contributed by atoms with van der Waals surface area (Å²) in [5.41, 5.74) is -0.402. The lowest BCUT2D eigenvalue weighted by atomic mass is 9.79. The van der Waals surface area contributed by atoms with Gasteiger partial charge in [-0.25, -0.2) is 0 Å². The number of ether oxygens (including phenoxy) is 1. The van der Waals surface area contributed by atoms with E-state index < -0.39 is 5.41 Å². The maximum Gasteiger partial charge on any atom is 0.168 e. The highest BCUT2D eigenvalue weighted by molar-refractivity contribution is 6.17. The van der Waals surface area contributed by atoms with Crippen molar-refractivity contribution in [2.75, 3.05) is 5.88 Å². The van der Waals surface area contributed by atoms with E-state index in [2.05, 4.69) is 0 Å². The van der Waals surface area contributed by atoms with E-state index in [4.69, 9.17) is 16.3 Å². The molecule has 0 unspecified atom stereocenters. The molecular weight excluding hydrogens is 188 g/mol. The van der Waals surface area contributed by atoms with E-state index in [0.717, 1.165) is 12.8 Å². The van der Waals surface area contributed by atoms with Crippen LogP contribution in [0.3, 0.4) is 0 Å². The van der Waals surface area contributed by atoms with Crippen molar-refractivity contribution in [3.63, 3.8) is 0 Å². The third kappa shape index (κ3) is 2.25. The van der Waals surface area contributed by atoms with Crippen molar-refractivity contribution in [2.45, 2.75) is 32.8 Å². The van der Waals surface area contributed by atoms with E-state index in [9.17, 15) is 4.79 Å². The average molecular weight is 203 g/mol. The number of halogens is 1. The molecule has 0 spiro atoms. The SMILES string of the molecule is CC1(C)C(=O)C=CO[C@@H]1CCCCl. The zero-order valence-electron chi connectivity index (χ0n) is 8.05. The minimum atomic E-state index is -0.402. The quantitative estimate of drug-likeness (QED) is 0.658. The molecule has 1 aliphatic rings. The Balaban J connectivity index is 2.64. The lowest BCUT2D eigenvalue weighted by molar-refractivity contribution is -0.131. The van der Waals surface area contributed by atoms with Gasteiger partial charge in [-0.3, -0.25) is 4.79 Å². The largest absolute Gasteiger partial charge is 0.497 e. The van der Waals surface area contributed by atoms with Crippen molar-refractivity contribution in [1.29, 1.82) is 0 Å². The number of allylic oxidation sites excluding steroid dienone is 1. The fraction of sp³-hybridized carbons (Fsp3) is 0.700. The van der Waals surface area contributed by atoms with Crippen LogP contribution in [0, 0.1) is 5.41 Å². The summed E-state index contributed by atoms with van der Waals surface area (Å²) in [6.07, 6.45) is 4.69. The molecule has 0 aromatic rings. The van der Waals surface area contributed by atoms with Gasteiger partial charge in [-0.2, -0.15) is 0 Å². The second kappa shape index (κ2) is 4.14. The maximum absolute atomic E-state index is 11.5. The summed E-state index contributed by atoms with van der Waals surface area (Å²) in [4.78, 5) is 11.5. The molecule has 74 valence electrons. The number of alkyl halides is 1. The summed E-state index contributed by atoms with van der Waals surface area (Å²) in [7, 11) is 0. The highest BCUT2D eigenvalue weighted by Gasteiger charge is 2.38. The summed E-state index contributed by atoms with van der Waals surface area (Å²) in [5.74, 6) is 0.756. The Morgan fingerprint density at radius 1 is 1.62 bits per heavy atom. The standard InChI is InChI=1S/C10H15ClO2/c1-10(2)8(12)5-7-13-9(10)4-3-6-11/h5,7,9H,3-4,6H2,1-2H3/t9-/m1/s1. The molecule has 0 aromatic heterocycles. The summed E-state index contributed by atoms with van der Waals surface area (Å²) < 4.78 is 5.41. The Labute approximate surface area is 83.9 Å². The smallest absolute Gasteiger partial charge is 0.168 e. The Bertz CT molecular complexity index is 221. The molecule has 0 aliphatic carbocycles. The fourth-order valence-corrected chi connectivity index (χ4v) is 1.59. The molecule has 1 atom stereocenters. The molecule has 0 radical (unpaired) electrons. The summed E-state index contributed by atoms with van der Waals surface area (Å²) in [6, 6.07) is 0. The zero-order valence-corrected chi connectivity index (χ0v) is 8.80. The van der Waals surface area contributed by atoms with Crippen LogP contribution >= 0.6 is 11.6 Å². The first-order valence-corrected chi connectivity index (χ1v) is 5.05. The summed E-state index contributed by atoms with van der Waals surface area (Å²) in [5, 5.41) is 0. The van der Waals surface area contributed by atoms with Gasteiger partial charge in [0.1, 0.15) is 6.10 Å². The molecule has 0 bridgehead atoms. The molecule has 1 heterocycles. The van der Waals surface area contributed by atoms with E-state index in [1.165, 1.54) is 12.3 Å². The first-order chi connectivity index (χ1) is 6.09. The van der Waals surface area contributed by atoms with Crippen molar-refractivity contribution in [3.8, 4) is 0 Å². The van der Waals surface area contributed by atoms with Crippen molar-refractivity contribution in [1.82, 2.24) is 0 Å². The van der Waals surface area contributed by atoms with E-state index >= 15 is 0 Å². The minimum Gasteiger partial charge on any atom is -0.497 e. The van der Waals surface area contributed by atoms with Gasteiger partial charge in [0.15, 0.2) is 5.78 Å². The van der Waals surface area contributed by atoms with Gasteiger partial charge in [0.05, 0.1) is 11.7 Å². The number of hydrogen-bond donors (Lipinski definition) is 0. The van der Waals surface area contributed by atoms with Crippen molar-refractivity contribution in [3.05, 3.63) is 12.3 Å². The molecule has 1 aliphatic heterocycles. The normalized spacial score (nSPS) is 25.8. The van der Waals surface area contributed by atoms with Gasteiger partial charge in [-0.15, -0.1) is 11.6 Å². The first kappa shape index (κ1) is 10.6. The third-order valence-electron chi connectivity index (χ3n) is 2.50. The monoisotopic (exact) mass is 202 g/mol. The number of ketones is 1. The van der Waals surface area contributed by atoms with Crippen LogP contribution in [-0.4, -0.2) is 17.8 Å². The Morgan fingerprint density at radius 3 is 2.92 bits per heavy atom. The van der Waals surface area contributed by atoms with Crippen molar-refractivity contribution >= 4 is 17.4 Å². The Morgan fingerprint density at radius 2 is 2.31 bits per heavy atom. The molecule has 0 fully saturated rings. The lowest BCUT2D eigenvalue weighted by Gasteiger charge is -2.34. The van der Waals surface area contributed by atoms with Crippen LogP contribution < -0.4 is 0 Å². The molecule has 0 N–H and O–H groups in total. The van der Waals surface area contributed by atoms with E-state index in [0.29, 0.717) is 5.88 Å². The zero-order chi connectivity index (χ0) is 9.90. The van der Waals surface area contributed by atoms with Gasteiger partial charge in [0.25, 0.3) is 0 Å². The second-order valence-corrected chi connectivity index (χ2v) is 4.22. The molecule has 0 saturated heterocycles. The van der Waals surface area contributed by atoms with Crippen LogP contribution in [0.25, 0.3) is 0 Å². The van der Waals surface area contributed by atoms with Crippen LogP contribution in [0.15, 0.2) is 12.3 Å². The lowest BCUT2D eigenvalue weighted by Crippen LogP contribution is -2.39. The molecule has 13 heavy (non-hydrogen) atoms. The Kier molecular flexibility index (Phi) is 3.37. The van der Waals surface area contributed by atoms with E-state index in [1.54, 1.807) is 0 Å². The number of rotatable bonds is 3. The molecular formula is C10H15ClO2. The summed E-state index contributed by atoms with van der Waals surface area (Å²) >= 11 is 5.59. The molecule has 0 saturated carbocycles. The van der Waals surface area contributed by atoms with Crippen molar-refractivity contribution < 1.29 is 9.53 Å².